The molecular weight excluding hydrogens is 466 g/mol. The molecule has 0 atom stereocenters. The first-order valence-corrected chi connectivity index (χ1v) is 11.3. The van der Waals surface area contributed by atoms with Crippen molar-refractivity contribution in [1.82, 2.24) is 14.5 Å². The van der Waals surface area contributed by atoms with Gasteiger partial charge in [-0.3, -0.25) is 9.36 Å². The van der Waals surface area contributed by atoms with E-state index in [2.05, 4.69) is 5.32 Å². The fraction of sp³-hybridized carbons (Fsp3) is 0.115. The molecule has 0 saturated heterocycles. The number of nitrogens with zero attached hydrogens (tertiary/aromatic N) is 3. The molecular formula is C26H22ClN5O3. The summed E-state index contributed by atoms with van der Waals surface area (Å²) in [5.74, 6) is 0.985. The summed E-state index contributed by atoms with van der Waals surface area (Å²) in [5, 5.41) is 3.36. The summed E-state index contributed by atoms with van der Waals surface area (Å²) >= 11 is 6.23. The third-order valence-electron chi connectivity index (χ3n) is 5.54. The SMILES string of the molecule is CCOc1ccc(NC(=O)c2c(N)n(-c3ccc(Cl)c(OC)c3)c3nc4ccccc4nc23)cc1. The van der Waals surface area contributed by atoms with E-state index in [9.17, 15) is 4.79 Å². The van der Waals surface area contributed by atoms with Crippen LogP contribution in [0.1, 0.15) is 17.3 Å². The van der Waals surface area contributed by atoms with Crippen LogP contribution in [-0.2, 0) is 0 Å². The summed E-state index contributed by atoms with van der Waals surface area (Å²) in [6, 6.07) is 19.8. The molecule has 0 bridgehead atoms. The van der Waals surface area contributed by atoms with E-state index in [1.807, 2.05) is 31.2 Å². The van der Waals surface area contributed by atoms with Crippen molar-refractivity contribution in [3.8, 4) is 17.2 Å². The van der Waals surface area contributed by atoms with Crippen LogP contribution in [0.2, 0.25) is 5.02 Å². The molecule has 5 rings (SSSR count). The van der Waals surface area contributed by atoms with Crippen molar-refractivity contribution in [2.24, 2.45) is 0 Å². The number of amides is 1. The highest BCUT2D eigenvalue weighted by atomic mass is 35.5. The average Bonchev–Trinajstić information content (AvgIpc) is 3.15. The molecule has 0 fully saturated rings. The monoisotopic (exact) mass is 487 g/mol. The number of aromatic nitrogens is 3. The van der Waals surface area contributed by atoms with E-state index in [-0.39, 0.29) is 11.4 Å². The van der Waals surface area contributed by atoms with Gasteiger partial charge in [-0.15, -0.1) is 0 Å². The van der Waals surface area contributed by atoms with Gasteiger partial charge in [-0.2, -0.15) is 0 Å². The number of ether oxygens (including phenoxy) is 2. The van der Waals surface area contributed by atoms with Gasteiger partial charge in [0.25, 0.3) is 5.91 Å². The van der Waals surface area contributed by atoms with Crippen LogP contribution >= 0.6 is 11.6 Å². The van der Waals surface area contributed by atoms with E-state index in [1.165, 1.54) is 7.11 Å². The highest BCUT2D eigenvalue weighted by Crippen LogP contribution is 2.34. The molecule has 0 aliphatic rings. The molecule has 176 valence electrons. The van der Waals surface area contributed by atoms with Gasteiger partial charge in [-0.05, 0) is 55.5 Å². The second-order valence-corrected chi connectivity index (χ2v) is 8.12. The summed E-state index contributed by atoms with van der Waals surface area (Å²) in [6.07, 6.45) is 0. The van der Waals surface area contributed by atoms with Crippen molar-refractivity contribution in [2.45, 2.75) is 6.92 Å². The lowest BCUT2D eigenvalue weighted by atomic mass is 10.2. The number of nitrogens with two attached hydrogens (primary N) is 1. The highest BCUT2D eigenvalue weighted by molar-refractivity contribution is 6.32. The van der Waals surface area contributed by atoms with Gasteiger partial charge >= 0.3 is 0 Å². The Morgan fingerprint density at radius 2 is 1.77 bits per heavy atom. The maximum atomic E-state index is 13.5. The van der Waals surface area contributed by atoms with E-state index in [1.54, 1.807) is 47.0 Å². The third kappa shape index (κ3) is 4.08. The number of hydrogen-bond acceptors (Lipinski definition) is 6. The van der Waals surface area contributed by atoms with Crippen molar-refractivity contribution in [3.05, 3.63) is 77.3 Å². The molecule has 8 nitrogen and oxygen atoms in total. The fourth-order valence-electron chi connectivity index (χ4n) is 3.93. The van der Waals surface area contributed by atoms with Gasteiger partial charge in [0.15, 0.2) is 5.65 Å². The number of para-hydroxylation sites is 2. The van der Waals surface area contributed by atoms with E-state index in [0.29, 0.717) is 51.0 Å². The second kappa shape index (κ2) is 9.15. The minimum absolute atomic E-state index is 0.197. The molecule has 2 aromatic heterocycles. The zero-order valence-corrected chi connectivity index (χ0v) is 19.8. The molecule has 1 amide bonds. The van der Waals surface area contributed by atoms with Gasteiger partial charge in [0.1, 0.15) is 28.4 Å². The number of anilines is 2. The van der Waals surface area contributed by atoms with Crippen LogP contribution in [-0.4, -0.2) is 34.2 Å². The summed E-state index contributed by atoms with van der Waals surface area (Å²) in [7, 11) is 1.53. The molecule has 5 aromatic rings. The molecule has 2 heterocycles. The smallest absolute Gasteiger partial charge is 0.261 e. The number of carbonyl (C=O) groups excluding carboxylic acids is 1. The predicted molar refractivity (Wildman–Crippen MR) is 138 cm³/mol. The minimum Gasteiger partial charge on any atom is -0.495 e. The normalized spacial score (nSPS) is 11.1. The van der Waals surface area contributed by atoms with Crippen molar-refractivity contribution < 1.29 is 14.3 Å². The number of fused-ring (bicyclic) bond motifs is 2. The number of methoxy groups -OCH3 is 1. The van der Waals surface area contributed by atoms with Crippen molar-refractivity contribution in [2.75, 3.05) is 24.8 Å². The van der Waals surface area contributed by atoms with Crippen molar-refractivity contribution >= 4 is 51.2 Å². The van der Waals surface area contributed by atoms with Crippen LogP contribution in [0.5, 0.6) is 11.5 Å². The standard InChI is InChI=1S/C26H22ClN5O3/c1-3-35-17-11-8-15(9-12-17)29-26(33)22-23-25(31-20-7-5-4-6-19(20)30-23)32(24(22)28)16-10-13-18(27)21(14-16)34-2/h4-14H,3,28H2,1-2H3,(H,29,33). The number of rotatable bonds is 6. The molecule has 35 heavy (non-hydrogen) atoms. The van der Waals surface area contributed by atoms with E-state index in [0.717, 1.165) is 5.75 Å². The van der Waals surface area contributed by atoms with Gasteiger partial charge in [-0.25, -0.2) is 9.97 Å². The third-order valence-corrected chi connectivity index (χ3v) is 5.85. The van der Waals surface area contributed by atoms with Crippen LogP contribution in [0.4, 0.5) is 11.5 Å². The molecule has 0 radical (unpaired) electrons. The molecule has 3 aromatic carbocycles. The van der Waals surface area contributed by atoms with Gasteiger partial charge in [0, 0.05) is 11.8 Å². The van der Waals surface area contributed by atoms with Crippen molar-refractivity contribution in [3.63, 3.8) is 0 Å². The molecule has 0 unspecified atom stereocenters. The van der Waals surface area contributed by atoms with Crippen LogP contribution in [0, 0.1) is 0 Å². The Labute approximate surface area is 206 Å². The number of nitrogens with one attached hydrogen (secondary N) is 1. The Morgan fingerprint density at radius 3 is 2.46 bits per heavy atom. The zero-order chi connectivity index (χ0) is 24.5. The Kier molecular flexibility index (Phi) is 5.88. The van der Waals surface area contributed by atoms with Crippen LogP contribution in [0.3, 0.4) is 0 Å². The van der Waals surface area contributed by atoms with E-state index >= 15 is 0 Å². The summed E-state index contributed by atoms with van der Waals surface area (Å²) < 4.78 is 12.5. The van der Waals surface area contributed by atoms with E-state index < -0.39 is 5.91 Å². The molecule has 9 heteroatoms. The molecule has 0 saturated carbocycles. The Bertz CT molecular complexity index is 1560. The number of benzene rings is 3. The maximum absolute atomic E-state index is 13.5. The Balaban J connectivity index is 1.67. The highest BCUT2D eigenvalue weighted by Gasteiger charge is 2.25. The lowest BCUT2D eigenvalue weighted by Crippen LogP contribution is -2.14. The van der Waals surface area contributed by atoms with Crippen LogP contribution < -0.4 is 20.5 Å². The first-order valence-electron chi connectivity index (χ1n) is 10.9. The van der Waals surface area contributed by atoms with Crippen LogP contribution in [0.15, 0.2) is 66.7 Å². The van der Waals surface area contributed by atoms with Gasteiger partial charge < -0.3 is 20.5 Å². The van der Waals surface area contributed by atoms with Gasteiger partial charge in [0.2, 0.25) is 0 Å². The molecule has 0 aliphatic heterocycles. The predicted octanol–water partition coefficient (Wildman–Crippen LogP) is 5.47. The maximum Gasteiger partial charge on any atom is 0.261 e. The molecule has 3 N–H and O–H groups in total. The van der Waals surface area contributed by atoms with Gasteiger partial charge in [-0.1, -0.05) is 23.7 Å². The fourth-order valence-corrected chi connectivity index (χ4v) is 4.12. The second-order valence-electron chi connectivity index (χ2n) is 7.71. The largest absolute Gasteiger partial charge is 0.495 e. The summed E-state index contributed by atoms with van der Waals surface area (Å²) in [4.78, 5) is 23.0. The average molecular weight is 488 g/mol. The topological polar surface area (TPSA) is 104 Å². The first kappa shape index (κ1) is 22.5. The van der Waals surface area contributed by atoms with E-state index in [4.69, 9.17) is 36.8 Å². The van der Waals surface area contributed by atoms with Crippen molar-refractivity contribution in [1.29, 1.82) is 0 Å². The number of halogens is 1. The molecule has 0 aliphatic carbocycles. The number of hydrogen-bond donors (Lipinski definition) is 2. The quantitative estimate of drug-likeness (QED) is 0.329. The van der Waals surface area contributed by atoms with Gasteiger partial charge in [0.05, 0.1) is 35.5 Å². The zero-order valence-electron chi connectivity index (χ0n) is 19.1. The number of carbonyl (C=O) groups is 1. The lowest BCUT2D eigenvalue weighted by molar-refractivity contribution is 0.102. The Hall–Kier alpha value is -4.30. The number of nitrogen functional groups attached to an aromatic ring is 1. The lowest BCUT2D eigenvalue weighted by Gasteiger charge is -2.11. The summed E-state index contributed by atoms with van der Waals surface area (Å²) in [5.41, 5.74) is 10.2. The Morgan fingerprint density at radius 1 is 1.06 bits per heavy atom. The minimum atomic E-state index is -0.402. The van der Waals surface area contributed by atoms with Crippen LogP contribution in [0.25, 0.3) is 27.9 Å². The molecule has 0 spiro atoms. The summed E-state index contributed by atoms with van der Waals surface area (Å²) in [6.45, 7) is 2.47. The first-order chi connectivity index (χ1) is 17.0.